The van der Waals surface area contributed by atoms with Gasteiger partial charge in [-0.05, 0) is 24.3 Å². The van der Waals surface area contributed by atoms with Crippen LogP contribution in [0.5, 0.6) is 0 Å². The van der Waals surface area contributed by atoms with Crippen molar-refractivity contribution in [2.24, 2.45) is 0 Å². The summed E-state index contributed by atoms with van der Waals surface area (Å²) in [5, 5.41) is 0. The van der Waals surface area contributed by atoms with E-state index < -0.39 is 0 Å². The van der Waals surface area contributed by atoms with E-state index in [1.165, 1.54) is 5.69 Å². The number of nitrogens with two attached hydrogens (primary N) is 1. The Kier molecular flexibility index (Phi) is 4.07. The molecule has 1 saturated heterocycles. The molecule has 1 heterocycles. The average Bonchev–Trinajstić information content (AvgIpc) is 2.40. The highest BCUT2D eigenvalue weighted by Gasteiger charge is 2.21. The number of nitrogen functional groups attached to an aromatic ring is 1. The van der Waals surface area contributed by atoms with Crippen molar-refractivity contribution in [1.82, 2.24) is 0 Å². The second kappa shape index (κ2) is 5.76. The topological polar surface area (TPSA) is 55.6 Å². The van der Waals surface area contributed by atoms with Gasteiger partial charge in [0.15, 0.2) is 0 Å². The predicted molar refractivity (Wildman–Crippen MR) is 72.5 cm³/mol. The molecular formula is C14H20N2O2. The second-order valence-electron chi connectivity index (χ2n) is 4.62. The Morgan fingerprint density at radius 3 is 2.50 bits per heavy atom. The van der Waals surface area contributed by atoms with Crippen LogP contribution in [0.3, 0.4) is 0 Å². The van der Waals surface area contributed by atoms with Crippen LogP contribution in [0.15, 0.2) is 24.3 Å². The summed E-state index contributed by atoms with van der Waals surface area (Å²) < 4.78 is 5.36. The minimum absolute atomic E-state index is 0.0856. The van der Waals surface area contributed by atoms with Crippen molar-refractivity contribution < 1.29 is 9.53 Å². The minimum atomic E-state index is -0.0964. The SMILES string of the molecule is CCC(=O)OC1CCN(c2ccc(N)cc2)CC1. The first-order valence-electron chi connectivity index (χ1n) is 6.49. The third-order valence-electron chi connectivity index (χ3n) is 3.29. The van der Waals surface area contributed by atoms with E-state index in [1.54, 1.807) is 0 Å². The summed E-state index contributed by atoms with van der Waals surface area (Å²) in [6, 6.07) is 7.90. The zero-order chi connectivity index (χ0) is 13.0. The molecule has 1 aromatic rings. The lowest BCUT2D eigenvalue weighted by molar-refractivity contribution is -0.149. The Hall–Kier alpha value is -1.71. The molecule has 98 valence electrons. The van der Waals surface area contributed by atoms with Crippen molar-refractivity contribution in [1.29, 1.82) is 0 Å². The van der Waals surface area contributed by atoms with Crippen LogP contribution in [0.1, 0.15) is 26.2 Å². The van der Waals surface area contributed by atoms with Gasteiger partial charge in [0.05, 0.1) is 0 Å². The quantitative estimate of drug-likeness (QED) is 0.658. The molecule has 0 radical (unpaired) electrons. The van der Waals surface area contributed by atoms with Gasteiger partial charge < -0.3 is 15.4 Å². The van der Waals surface area contributed by atoms with Crippen LogP contribution in [-0.4, -0.2) is 25.2 Å². The summed E-state index contributed by atoms with van der Waals surface area (Å²) >= 11 is 0. The third-order valence-corrected chi connectivity index (χ3v) is 3.29. The van der Waals surface area contributed by atoms with E-state index in [9.17, 15) is 4.79 Å². The second-order valence-corrected chi connectivity index (χ2v) is 4.62. The van der Waals surface area contributed by atoms with Crippen LogP contribution in [-0.2, 0) is 9.53 Å². The highest BCUT2D eigenvalue weighted by molar-refractivity contribution is 5.69. The molecule has 0 atom stereocenters. The van der Waals surface area contributed by atoms with Crippen LogP contribution >= 0.6 is 0 Å². The van der Waals surface area contributed by atoms with Gasteiger partial charge in [0.1, 0.15) is 6.10 Å². The number of hydrogen-bond acceptors (Lipinski definition) is 4. The highest BCUT2D eigenvalue weighted by Crippen LogP contribution is 2.22. The smallest absolute Gasteiger partial charge is 0.305 e. The zero-order valence-electron chi connectivity index (χ0n) is 10.8. The van der Waals surface area contributed by atoms with Crippen molar-refractivity contribution in [3.63, 3.8) is 0 Å². The Bertz CT molecular complexity index is 395. The molecular weight excluding hydrogens is 228 g/mol. The Morgan fingerprint density at radius 2 is 1.94 bits per heavy atom. The third kappa shape index (κ3) is 3.15. The standard InChI is InChI=1S/C14H20N2O2/c1-2-14(17)18-13-7-9-16(10-8-13)12-5-3-11(15)4-6-12/h3-6,13H,2,7-10,15H2,1H3. The van der Waals surface area contributed by atoms with Gasteiger partial charge in [0, 0.05) is 43.7 Å². The minimum Gasteiger partial charge on any atom is -0.462 e. The maximum atomic E-state index is 11.2. The van der Waals surface area contributed by atoms with E-state index in [1.807, 2.05) is 31.2 Å². The average molecular weight is 248 g/mol. The molecule has 4 nitrogen and oxygen atoms in total. The fourth-order valence-electron chi connectivity index (χ4n) is 2.19. The van der Waals surface area contributed by atoms with Crippen LogP contribution in [0.4, 0.5) is 11.4 Å². The summed E-state index contributed by atoms with van der Waals surface area (Å²) in [4.78, 5) is 13.5. The number of ether oxygens (including phenoxy) is 1. The maximum Gasteiger partial charge on any atom is 0.305 e. The van der Waals surface area contributed by atoms with E-state index in [-0.39, 0.29) is 12.1 Å². The molecule has 2 N–H and O–H groups in total. The van der Waals surface area contributed by atoms with E-state index in [2.05, 4.69) is 4.90 Å². The normalized spacial score (nSPS) is 16.6. The molecule has 0 unspecified atom stereocenters. The van der Waals surface area contributed by atoms with Crippen LogP contribution < -0.4 is 10.6 Å². The van der Waals surface area contributed by atoms with Crippen molar-refractivity contribution in [3.8, 4) is 0 Å². The molecule has 1 aromatic carbocycles. The van der Waals surface area contributed by atoms with Crippen LogP contribution in [0, 0.1) is 0 Å². The van der Waals surface area contributed by atoms with Gasteiger partial charge in [-0.15, -0.1) is 0 Å². The molecule has 0 aromatic heterocycles. The lowest BCUT2D eigenvalue weighted by Gasteiger charge is -2.33. The predicted octanol–water partition coefficient (Wildman–Crippen LogP) is 2.19. The maximum absolute atomic E-state index is 11.2. The van der Waals surface area contributed by atoms with Gasteiger partial charge >= 0.3 is 5.97 Å². The van der Waals surface area contributed by atoms with Crippen molar-refractivity contribution in [3.05, 3.63) is 24.3 Å². The fraction of sp³-hybridized carbons (Fsp3) is 0.500. The van der Waals surface area contributed by atoms with Gasteiger partial charge in [0.2, 0.25) is 0 Å². The lowest BCUT2D eigenvalue weighted by atomic mass is 10.1. The molecule has 0 amide bonds. The Balaban J connectivity index is 1.86. The van der Waals surface area contributed by atoms with Gasteiger partial charge in [-0.3, -0.25) is 4.79 Å². The zero-order valence-corrected chi connectivity index (χ0v) is 10.8. The summed E-state index contributed by atoms with van der Waals surface area (Å²) in [7, 11) is 0. The van der Waals surface area contributed by atoms with Crippen LogP contribution in [0.2, 0.25) is 0 Å². The molecule has 0 spiro atoms. The van der Waals surface area contributed by atoms with E-state index in [4.69, 9.17) is 10.5 Å². The summed E-state index contributed by atoms with van der Waals surface area (Å²) in [5.41, 5.74) is 7.64. The Morgan fingerprint density at radius 1 is 1.33 bits per heavy atom. The number of carbonyl (C=O) groups excluding carboxylic acids is 1. The summed E-state index contributed by atoms with van der Waals surface area (Å²) in [6.45, 7) is 3.67. The van der Waals surface area contributed by atoms with Crippen LogP contribution in [0.25, 0.3) is 0 Å². The number of anilines is 2. The number of nitrogens with zero attached hydrogens (tertiary/aromatic N) is 1. The van der Waals surface area contributed by atoms with E-state index >= 15 is 0 Å². The van der Waals surface area contributed by atoms with Crippen molar-refractivity contribution in [2.75, 3.05) is 23.7 Å². The molecule has 1 aliphatic heterocycles. The van der Waals surface area contributed by atoms with Gasteiger partial charge in [-0.2, -0.15) is 0 Å². The molecule has 1 fully saturated rings. The molecule has 1 aliphatic rings. The molecule has 2 rings (SSSR count). The number of carbonyl (C=O) groups is 1. The van der Waals surface area contributed by atoms with Crippen molar-refractivity contribution in [2.45, 2.75) is 32.3 Å². The lowest BCUT2D eigenvalue weighted by Crippen LogP contribution is -2.37. The Labute approximate surface area is 108 Å². The first kappa shape index (κ1) is 12.7. The molecule has 18 heavy (non-hydrogen) atoms. The summed E-state index contributed by atoms with van der Waals surface area (Å²) in [6.07, 6.45) is 2.34. The highest BCUT2D eigenvalue weighted by atomic mass is 16.5. The van der Waals surface area contributed by atoms with E-state index in [0.717, 1.165) is 31.6 Å². The number of benzene rings is 1. The first-order chi connectivity index (χ1) is 8.69. The largest absolute Gasteiger partial charge is 0.462 e. The van der Waals surface area contributed by atoms with Gasteiger partial charge in [-0.25, -0.2) is 0 Å². The molecule has 0 saturated carbocycles. The number of piperidine rings is 1. The number of esters is 1. The molecule has 0 bridgehead atoms. The number of hydrogen-bond donors (Lipinski definition) is 1. The van der Waals surface area contributed by atoms with Crippen molar-refractivity contribution >= 4 is 17.3 Å². The molecule has 4 heteroatoms. The first-order valence-corrected chi connectivity index (χ1v) is 6.49. The van der Waals surface area contributed by atoms with E-state index in [0.29, 0.717) is 6.42 Å². The monoisotopic (exact) mass is 248 g/mol. The van der Waals surface area contributed by atoms with Gasteiger partial charge in [-0.1, -0.05) is 6.92 Å². The van der Waals surface area contributed by atoms with Gasteiger partial charge in [0.25, 0.3) is 0 Å². The number of rotatable bonds is 3. The molecule has 0 aliphatic carbocycles. The fourth-order valence-corrected chi connectivity index (χ4v) is 2.19. The summed E-state index contributed by atoms with van der Waals surface area (Å²) in [5.74, 6) is -0.0964.